The monoisotopic (exact) mass is 389 g/mol. The van der Waals surface area contributed by atoms with Crippen LogP contribution in [-0.4, -0.2) is 33.6 Å². The molecule has 9 heteroatoms. The molecule has 1 heterocycles. The number of sulfonamides is 1. The number of hydrogen-bond acceptors (Lipinski definition) is 6. The summed E-state index contributed by atoms with van der Waals surface area (Å²) in [5, 5.41) is 11.8. The quantitative estimate of drug-likeness (QED) is 0.661. The molecule has 0 aliphatic carbocycles. The molecule has 0 amide bonds. The topological polar surface area (TPSA) is 121 Å². The molecule has 3 rings (SSSR count). The SMILES string of the molecule is COc1ccc2[nH]c(C(=O)[O-])c(NS(=O)(=O)c3cc(C)ccc3OC)c2c1. The molecule has 27 heavy (non-hydrogen) atoms. The van der Waals surface area contributed by atoms with Gasteiger partial charge in [-0.2, -0.15) is 0 Å². The van der Waals surface area contributed by atoms with Crippen molar-refractivity contribution >= 4 is 32.6 Å². The second-order valence-corrected chi connectivity index (χ2v) is 7.48. The summed E-state index contributed by atoms with van der Waals surface area (Å²) in [6.07, 6.45) is 0. The molecule has 0 fully saturated rings. The van der Waals surface area contributed by atoms with Crippen molar-refractivity contribution < 1.29 is 27.8 Å². The lowest BCUT2D eigenvalue weighted by Gasteiger charge is -2.13. The van der Waals surface area contributed by atoms with Crippen molar-refractivity contribution in [3.05, 3.63) is 47.7 Å². The zero-order valence-corrected chi connectivity index (χ0v) is 15.6. The van der Waals surface area contributed by atoms with Gasteiger partial charge >= 0.3 is 0 Å². The molecule has 0 aliphatic rings. The molecule has 0 saturated heterocycles. The molecule has 2 aromatic carbocycles. The lowest BCUT2D eigenvalue weighted by Crippen LogP contribution is -2.25. The van der Waals surface area contributed by atoms with Crippen molar-refractivity contribution in [2.45, 2.75) is 11.8 Å². The minimum absolute atomic E-state index is 0.105. The molecule has 8 nitrogen and oxygen atoms in total. The van der Waals surface area contributed by atoms with E-state index in [2.05, 4.69) is 9.71 Å². The van der Waals surface area contributed by atoms with Gasteiger partial charge in [0.25, 0.3) is 10.0 Å². The summed E-state index contributed by atoms with van der Waals surface area (Å²) in [4.78, 5) is 14.1. The van der Waals surface area contributed by atoms with Crippen LogP contribution in [0.2, 0.25) is 0 Å². The van der Waals surface area contributed by atoms with E-state index < -0.39 is 16.0 Å². The summed E-state index contributed by atoms with van der Waals surface area (Å²) in [7, 11) is -1.34. The Morgan fingerprint density at radius 1 is 1.11 bits per heavy atom. The van der Waals surface area contributed by atoms with Crippen molar-refractivity contribution in [3.8, 4) is 11.5 Å². The predicted molar refractivity (Wildman–Crippen MR) is 97.7 cm³/mol. The van der Waals surface area contributed by atoms with Gasteiger partial charge in [0.15, 0.2) is 0 Å². The number of aromatic amines is 1. The van der Waals surface area contributed by atoms with Crippen LogP contribution in [0, 0.1) is 6.92 Å². The van der Waals surface area contributed by atoms with Crippen LogP contribution in [0.1, 0.15) is 16.1 Å². The smallest absolute Gasteiger partial charge is 0.265 e. The standard InChI is InChI=1S/C18H18N2O6S/c1-10-4-7-14(26-3)15(8-10)27(23,24)20-16-12-9-11(25-2)5-6-13(12)19-17(16)18(21)22/h4-9,19-20H,1-3H3,(H,21,22)/p-1. The fraction of sp³-hybridized carbons (Fsp3) is 0.167. The van der Waals surface area contributed by atoms with E-state index >= 15 is 0 Å². The Morgan fingerprint density at radius 2 is 1.85 bits per heavy atom. The summed E-state index contributed by atoms with van der Waals surface area (Å²) in [5.74, 6) is -0.959. The number of aryl methyl sites for hydroxylation is 1. The molecule has 3 aromatic rings. The maximum absolute atomic E-state index is 13.0. The Kier molecular flexibility index (Phi) is 4.71. The van der Waals surface area contributed by atoms with Crippen LogP contribution in [0.25, 0.3) is 10.9 Å². The second kappa shape index (κ2) is 6.84. The van der Waals surface area contributed by atoms with E-state index in [1.165, 1.54) is 32.4 Å². The van der Waals surface area contributed by atoms with Crippen molar-refractivity contribution in [2.75, 3.05) is 18.9 Å². The second-order valence-electron chi connectivity index (χ2n) is 5.83. The van der Waals surface area contributed by atoms with Gasteiger partial charge in [0.05, 0.1) is 31.6 Å². The van der Waals surface area contributed by atoms with E-state index in [0.717, 1.165) is 0 Å². The van der Waals surface area contributed by atoms with Crippen molar-refractivity contribution in [3.63, 3.8) is 0 Å². The number of H-pyrrole nitrogens is 1. The number of ether oxygens (including phenoxy) is 2. The average Bonchev–Trinajstić information content (AvgIpc) is 2.99. The van der Waals surface area contributed by atoms with Crippen LogP contribution in [0.15, 0.2) is 41.3 Å². The Bertz CT molecular complexity index is 1130. The van der Waals surface area contributed by atoms with Crippen molar-refractivity contribution in [2.24, 2.45) is 0 Å². The average molecular weight is 389 g/mol. The van der Waals surface area contributed by atoms with Crippen molar-refractivity contribution in [1.29, 1.82) is 0 Å². The van der Waals surface area contributed by atoms with Gasteiger partial charge < -0.3 is 24.4 Å². The van der Waals surface area contributed by atoms with E-state index in [9.17, 15) is 18.3 Å². The highest BCUT2D eigenvalue weighted by molar-refractivity contribution is 7.92. The number of anilines is 1. The minimum atomic E-state index is -4.14. The van der Waals surface area contributed by atoms with Gasteiger partial charge in [-0.15, -0.1) is 0 Å². The Balaban J connectivity index is 2.19. The van der Waals surface area contributed by atoms with Gasteiger partial charge in [-0.05, 0) is 42.8 Å². The molecule has 0 unspecified atom stereocenters. The first kappa shape index (κ1) is 18.6. The number of nitrogens with one attached hydrogen (secondary N) is 2. The van der Waals surface area contributed by atoms with Crippen LogP contribution < -0.4 is 19.3 Å². The number of rotatable bonds is 6. The first-order valence-electron chi connectivity index (χ1n) is 7.85. The van der Waals surface area contributed by atoms with Crippen LogP contribution >= 0.6 is 0 Å². The highest BCUT2D eigenvalue weighted by Gasteiger charge is 2.24. The van der Waals surface area contributed by atoms with Gasteiger partial charge in [0.2, 0.25) is 0 Å². The number of benzene rings is 2. The number of carbonyl (C=O) groups excluding carboxylic acids is 1. The molecule has 0 spiro atoms. The molecule has 0 bridgehead atoms. The molecule has 142 valence electrons. The number of aromatic carboxylic acids is 1. The summed E-state index contributed by atoms with van der Waals surface area (Å²) >= 11 is 0. The number of aromatic nitrogens is 1. The number of carbonyl (C=O) groups is 1. The summed E-state index contributed by atoms with van der Waals surface area (Å²) in [5.41, 5.74) is 0.613. The van der Waals surface area contributed by atoms with Gasteiger partial charge in [-0.25, -0.2) is 8.42 Å². The normalized spacial score (nSPS) is 11.4. The number of carboxylic acids is 1. The lowest BCUT2D eigenvalue weighted by molar-refractivity contribution is -0.255. The zero-order valence-electron chi connectivity index (χ0n) is 14.8. The molecule has 0 aliphatic heterocycles. The number of hydrogen-bond donors (Lipinski definition) is 2. The third kappa shape index (κ3) is 3.41. The zero-order chi connectivity index (χ0) is 19.8. The van der Waals surface area contributed by atoms with Crippen LogP contribution in [-0.2, 0) is 10.0 Å². The first-order chi connectivity index (χ1) is 12.8. The van der Waals surface area contributed by atoms with Crippen LogP contribution in [0.3, 0.4) is 0 Å². The fourth-order valence-corrected chi connectivity index (χ4v) is 4.09. The number of fused-ring (bicyclic) bond motifs is 1. The Labute approximate surface area is 155 Å². The maximum atomic E-state index is 13.0. The van der Waals surface area contributed by atoms with E-state index in [4.69, 9.17) is 9.47 Å². The van der Waals surface area contributed by atoms with E-state index in [-0.39, 0.29) is 22.0 Å². The molecular weight excluding hydrogens is 372 g/mol. The molecule has 0 saturated carbocycles. The van der Waals surface area contributed by atoms with Crippen LogP contribution in [0.4, 0.5) is 5.69 Å². The Hall–Kier alpha value is -3.20. The Morgan fingerprint density at radius 3 is 2.48 bits per heavy atom. The minimum Gasteiger partial charge on any atom is -0.543 e. The number of methoxy groups -OCH3 is 2. The van der Waals surface area contributed by atoms with Gasteiger partial charge in [-0.1, -0.05) is 6.07 Å². The molecule has 2 N–H and O–H groups in total. The lowest BCUT2D eigenvalue weighted by atomic mass is 10.2. The summed E-state index contributed by atoms with van der Waals surface area (Å²) in [6, 6.07) is 9.42. The molecular formula is C18H17N2O6S-. The van der Waals surface area contributed by atoms with Gasteiger partial charge in [0, 0.05) is 10.9 Å². The van der Waals surface area contributed by atoms with E-state index in [0.29, 0.717) is 22.2 Å². The first-order valence-corrected chi connectivity index (χ1v) is 9.33. The van der Waals surface area contributed by atoms with Gasteiger partial charge in [0.1, 0.15) is 16.4 Å². The van der Waals surface area contributed by atoms with E-state index in [1.807, 2.05) is 0 Å². The summed E-state index contributed by atoms with van der Waals surface area (Å²) in [6.45, 7) is 1.74. The predicted octanol–water partition coefficient (Wildman–Crippen LogP) is 1.66. The molecule has 1 aromatic heterocycles. The third-order valence-electron chi connectivity index (χ3n) is 4.05. The van der Waals surface area contributed by atoms with Crippen molar-refractivity contribution in [1.82, 2.24) is 4.98 Å². The number of carboxylic acid groups (broad SMARTS) is 1. The molecule has 0 radical (unpaired) electrons. The fourth-order valence-electron chi connectivity index (χ4n) is 2.74. The van der Waals surface area contributed by atoms with E-state index in [1.54, 1.807) is 25.1 Å². The largest absolute Gasteiger partial charge is 0.543 e. The van der Waals surface area contributed by atoms with Crippen LogP contribution in [0.5, 0.6) is 11.5 Å². The highest BCUT2D eigenvalue weighted by atomic mass is 32.2. The van der Waals surface area contributed by atoms with Gasteiger partial charge in [-0.3, -0.25) is 4.72 Å². The molecule has 0 atom stereocenters. The highest BCUT2D eigenvalue weighted by Crippen LogP contribution is 2.34. The summed E-state index contributed by atoms with van der Waals surface area (Å²) < 4.78 is 38.5. The third-order valence-corrected chi connectivity index (χ3v) is 5.43. The maximum Gasteiger partial charge on any atom is 0.265 e.